The van der Waals surface area contributed by atoms with E-state index in [0.29, 0.717) is 11.3 Å². The molecule has 0 radical (unpaired) electrons. The zero-order chi connectivity index (χ0) is 14.9. The lowest BCUT2D eigenvalue weighted by atomic mass is 10.0. The molecule has 2 aromatic rings. The zero-order valence-corrected chi connectivity index (χ0v) is 11.7. The molecule has 0 aliphatic rings. The van der Waals surface area contributed by atoms with E-state index in [0.717, 1.165) is 22.9 Å². The monoisotopic (exact) mass is 299 g/mol. The van der Waals surface area contributed by atoms with Crippen molar-refractivity contribution in [2.75, 3.05) is 0 Å². The molecular formula is C14H12F3NOS. The molecule has 2 nitrogen and oxygen atoms in total. The molecule has 0 saturated carbocycles. The van der Waals surface area contributed by atoms with Crippen LogP contribution < -0.4 is 0 Å². The molecule has 106 valence electrons. The van der Waals surface area contributed by atoms with Crippen LogP contribution in [0, 0.1) is 13.8 Å². The molecule has 0 saturated heterocycles. The molecule has 0 fully saturated rings. The van der Waals surface area contributed by atoms with Crippen molar-refractivity contribution in [3.05, 3.63) is 51.0 Å². The molecule has 0 aliphatic heterocycles. The summed E-state index contributed by atoms with van der Waals surface area (Å²) in [5, 5.41) is -0.985. The van der Waals surface area contributed by atoms with Gasteiger partial charge in [0.25, 0.3) is 0 Å². The number of nitrogens with zero attached hydrogens (tertiary/aromatic N) is 1. The standard InChI is InChI=1S/C14H12F3NOS/c1-8-3-9(2)5-10(4-8)6-11(19)12-7-18-13(20-12)14(15,16)17/h3-5,7H,6H2,1-2H3. The third kappa shape index (κ3) is 3.45. The Morgan fingerprint density at radius 3 is 2.30 bits per heavy atom. The van der Waals surface area contributed by atoms with Gasteiger partial charge in [0.15, 0.2) is 10.8 Å². The molecule has 0 atom stereocenters. The fourth-order valence-electron chi connectivity index (χ4n) is 1.98. The number of Topliss-reactive ketones (excluding diaryl/α,β-unsaturated/α-hetero) is 1. The normalized spacial score (nSPS) is 11.7. The summed E-state index contributed by atoms with van der Waals surface area (Å²) in [6.07, 6.45) is -3.41. The quantitative estimate of drug-likeness (QED) is 0.795. The number of hydrogen-bond donors (Lipinski definition) is 0. The van der Waals surface area contributed by atoms with Gasteiger partial charge < -0.3 is 0 Å². The molecule has 0 N–H and O–H groups in total. The van der Waals surface area contributed by atoms with E-state index in [-0.39, 0.29) is 17.1 Å². The molecule has 0 unspecified atom stereocenters. The molecule has 1 heterocycles. The third-order valence-corrected chi connectivity index (χ3v) is 3.75. The molecule has 1 aromatic heterocycles. The first-order valence-corrected chi connectivity index (χ1v) is 6.71. The Morgan fingerprint density at radius 2 is 1.80 bits per heavy atom. The van der Waals surface area contributed by atoms with Gasteiger partial charge in [0.1, 0.15) is 0 Å². The van der Waals surface area contributed by atoms with Gasteiger partial charge in [-0.15, -0.1) is 11.3 Å². The fourth-order valence-corrected chi connectivity index (χ4v) is 2.70. The van der Waals surface area contributed by atoms with Crippen molar-refractivity contribution in [2.24, 2.45) is 0 Å². The summed E-state index contributed by atoms with van der Waals surface area (Å²) in [5.74, 6) is -0.344. The highest BCUT2D eigenvalue weighted by Gasteiger charge is 2.35. The molecule has 0 spiro atoms. The van der Waals surface area contributed by atoms with Gasteiger partial charge in [-0.3, -0.25) is 4.79 Å². The van der Waals surface area contributed by atoms with Crippen molar-refractivity contribution >= 4 is 17.1 Å². The smallest absolute Gasteiger partial charge is 0.293 e. The number of ketones is 1. The van der Waals surface area contributed by atoms with Crippen LogP contribution in [-0.4, -0.2) is 10.8 Å². The lowest BCUT2D eigenvalue weighted by molar-refractivity contribution is -0.137. The molecule has 6 heteroatoms. The molecule has 2 rings (SSSR count). The van der Waals surface area contributed by atoms with Crippen molar-refractivity contribution in [3.63, 3.8) is 0 Å². The Labute approximate surface area is 118 Å². The van der Waals surface area contributed by atoms with Gasteiger partial charge in [0.2, 0.25) is 0 Å². The van der Waals surface area contributed by atoms with Crippen LogP contribution in [0.4, 0.5) is 13.2 Å². The number of benzene rings is 1. The van der Waals surface area contributed by atoms with Crippen molar-refractivity contribution < 1.29 is 18.0 Å². The summed E-state index contributed by atoms with van der Waals surface area (Å²) in [7, 11) is 0. The molecule has 20 heavy (non-hydrogen) atoms. The topological polar surface area (TPSA) is 30.0 Å². The second kappa shape index (κ2) is 5.36. The maximum Gasteiger partial charge on any atom is 0.443 e. The first kappa shape index (κ1) is 14.7. The second-order valence-electron chi connectivity index (χ2n) is 4.62. The van der Waals surface area contributed by atoms with Gasteiger partial charge in [-0.05, 0) is 19.4 Å². The van der Waals surface area contributed by atoms with Crippen LogP contribution in [0.15, 0.2) is 24.4 Å². The van der Waals surface area contributed by atoms with Gasteiger partial charge in [0.05, 0.1) is 4.88 Å². The van der Waals surface area contributed by atoms with Gasteiger partial charge in [-0.25, -0.2) is 4.98 Å². The highest BCUT2D eigenvalue weighted by Crippen LogP contribution is 2.32. The predicted molar refractivity (Wildman–Crippen MR) is 71.1 cm³/mol. The first-order chi connectivity index (χ1) is 9.25. The first-order valence-electron chi connectivity index (χ1n) is 5.89. The Hall–Kier alpha value is -1.69. The minimum absolute atomic E-state index is 0.0384. The van der Waals surface area contributed by atoms with Crippen LogP contribution in [0.3, 0.4) is 0 Å². The number of aromatic nitrogens is 1. The van der Waals surface area contributed by atoms with Crippen LogP contribution in [0.1, 0.15) is 31.4 Å². The number of aryl methyl sites for hydroxylation is 2. The fraction of sp³-hybridized carbons (Fsp3) is 0.286. The molecule has 0 amide bonds. The molecule has 1 aromatic carbocycles. The van der Waals surface area contributed by atoms with E-state index in [9.17, 15) is 18.0 Å². The van der Waals surface area contributed by atoms with E-state index in [1.165, 1.54) is 0 Å². The van der Waals surface area contributed by atoms with E-state index in [2.05, 4.69) is 4.98 Å². The number of hydrogen-bond acceptors (Lipinski definition) is 3. The van der Waals surface area contributed by atoms with Crippen LogP contribution in [0.25, 0.3) is 0 Å². The van der Waals surface area contributed by atoms with Gasteiger partial charge in [0, 0.05) is 12.6 Å². The lowest BCUT2D eigenvalue weighted by Crippen LogP contribution is -2.03. The minimum Gasteiger partial charge on any atom is -0.293 e. The average Bonchev–Trinajstić information content (AvgIpc) is 2.75. The maximum atomic E-state index is 12.4. The maximum absolute atomic E-state index is 12.4. The van der Waals surface area contributed by atoms with E-state index in [1.54, 1.807) is 0 Å². The summed E-state index contributed by atoms with van der Waals surface area (Å²) in [6.45, 7) is 3.82. The summed E-state index contributed by atoms with van der Waals surface area (Å²) < 4.78 is 37.3. The summed E-state index contributed by atoms with van der Waals surface area (Å²) in [6, 6.07) is 5.69. The SMILES string of the molecule is Cc1cc(C)cc(CC(=O)c2cnc(C(F)(F)F)s2)c1. The van der Waals surface area contributed by atoms with Crippen molar-refractivity contribution in [2.45, 2.75) is 26.4 Å². The molecular weight excluding hydrogens is 287 g/mol. The van der Waals surface area contributed by atoms with Crippen LogP contribution in [-0.2, 0) is 12.6 Å². The Kier molecular flexibility index (Phi) is 3.94. The van der Waals surface area contributed by atoms with E-state index in [1.807, 2.05) is 32.0 Å². The number of rotatable bonds is 3. The number of carbonyl (C=O) groups excluding carboxylic acids is 1. The summed E-state index contributed by atoms with van der Waals surface area (Å²) in [5.41, 5.74) is 2.84. The number of halogens is 3. The van der Waals surface area contributed by atoms with E-state index >= 15 is 0 Å². The van der Waals surface area contributed by atoms with Crippen molar-refractivity contribution in [3.8, 4) is 0 Å². The highest BCUT2D eigenvalue weighted by molar-refractivity contribution is 7.13. The largest absolute Gasteiger partial charge is 0.443 e. The van der Waals surface area contributed by atoms with Crippen LogP contribution >= 0.6 is 11.3 Å². The van der Waals surface area contributed by atoms with Gasteiger partial charge in [-0.1, -0.05) is 29.3 Å². The third-order valence-electron chi connectivity index (χ3n) is 2.67. The van der Waals surface area contributed by atoms with E-state index < -0.39 is 11.2 Å². The molecule has 0 bridgehead atoms. The number of carbonyl (C=O) groups is 1. The highest BCUT2D eigenvalue weighted by atomic mass is 32.1. The second-order valence-corrected chi connectivity index (χ2v) is 5.65. The molecule has 0 aliphatic carbocycles. The predicted octanol–water partition coefficient (Wildman–Crippen LogP) is 4.20. The minimum atomic E-state index is -4.50. The summed E-state index contributed by atoms with van der Waals surface area (Å²) >= 11 is 0.390. The lowest BCUT2D eigenvalue weighted by Gasteiger charge is -2.03. The van der Waals surface area contributed by atoms with Crippen LogP contribution in [0.2, 0.25) is 0 Å². The Bertz CT molecular complexity index is 626. The number of thiazole rings is 1. The van der Waals surface area contributed by atoms with E-state index in [4.69, 9.17) is 0 Å². The Balaban J connectivity index is 2.18. The Morgan fingerprint density at radius 1 is 1.20 bits per heavy atom. The van der Waals surface area contributed by atoms with Crippen molar-refractivity contribution in [1.29, 1.82) is 0 Å². The van der Waals surface area contributed by atoms with Crippen molar-refractivity contribution in [1.82, 2.24) is 4.98 Å². The number of alkyl halides is 3. The zero-order valence-electron chi connectivity index (χ0n) is 10.9. The van der Waals surface area contributed by atoms with Gasteiger partial charge >= 0.3 is 6.18 Å². The van der Waals surface area contributed by atoms with Crippen LogP contribution in [0.5, 0.6) is 0 Å². The summed E-state index contributed by atoms with van der Waals surface area (Å²) in [4.78, 5) is 15.3. The average molecular weight is 299 g/mol. The van der Waals surface area contributed by atoms with Gasteiger partial charge in [-0.2, -0.15) is 13.2 Å².